The summed E-state index contributed by atoms with van der Waals surface area (Å²) in [7, 11) is 0. The number of halogens is 3. The molecule has 170 valence electrons. The van der Waals surface area contributed by atoms with Crippen molar-refractivity contribution >= 4 is 29.0 Å². The Balaban J connectivity index is 2.14. The van der Waals surface area contributed by atoms with Crippen LogP contribution in [0.3, 0.4) is 0 Å². The monoisotopic (exact) mass is 456 g/mol. The highest BCUT2D eigenvalue weighted by molar-refractivity contribution is 7.09. The standard InChI is InChI=1S/C21H27F3N4O2S/c1-13(2)9-25-19(29)17-12-31-18(26-17)11-28(10-14(3)4)20(30)27-16-8-6-5-7-15(16)21(22,23)24/h5-8,12-14H,9-11H2,1-4H3,(H,25,29)(H,27,30). The quantitative estimate of drug-likeness (QED) is 0.571. The second-order valence-electron chi connectivity index (χ2n) is 7.98. The molecule has 1 aromatic heterocycles. The molecule has 3 amide bonds. The van der Waals surface area contributed by atoms with Crippen LogP contribution in [-0.2, 0) is 12.7 Å². The van der Waals surface area contributed by atoms with Crippen molar-refractivity contribution in [1.29, 1.82) is 0 Å². The zero-order chi connectivity index (χ0) is 23.2. The molecule has 0 bridgehead atoms. The Hall–Kier alpha value is -2.62. The van der Waals surface area contributed by atoms with Gasteiger partial charge in [0.25, 0.3) is 5.91 Å². The number of alkyl halides is 3. The Labute approximate surface area is 183 Å². The molecule has 0 aliphatic rings. The number of aromatic nitrogens is 1. The first-order valence-corrected chi connectivity index (χ1v) is 10.8. The summed E-state index contributed by atoms with van der Waals surface area (Å²) in [5, 5.41) is 7.28. The maximum absolute atomic E-state index is 13.2. The van der Waals surface area contributed by atoms with Gasteiger partial charge in [-0.3, -0.25) is 4.79 Å². The number of carbonyl (C=O) groups is 2. The molecule has 0 radical (unpaired) electrons. The summed E-state index contributed by atoms with van der Waals surface area (Å²) in [4.78, 5) is 30.6. The Bertz CT molecular complexity index is 897. The van der Waals surface area contributed by atoms with Gasteiger partial charge in [0.1, 0.15) is 10.7 Å². The molecule has 2 N–H and O–H groups in total. The van der Waals surface area contributed by atoms with Crippen molar-refractivity contribution < 1.29 is 22.8 Å². The molecule has 2 aromatic rings. The molecule has 0 saturated carbocycles. The molecule has 0 unspecified atom stereocenters. The second-order valence-corrected chi connectivity index (χ2v) is 8.92. The van der Waals surface area contributed by atoms with Crippen LogP contribution in [0.15, 0.2) is 29.6 Å². The third kappa shape index (κ3) is 7.54. The first-order valence-electron chi connectivity index (χ1n) is 9.92. The number of urea groups is 1. The van der Waals surface area contributed by atoms with Crippen molar-refractivity contribution in [1.82, 2.24) is 15.2 Å². The number of hydrogen-bond acceptors (Lipinski definition) is 4. The van der Waals surface area contributed by atoms with E-state index >= 15 is 0 Å². The van der Waals surface area contributed by atoms with Gasteiger partial charge >= 0.3 is 12.2 Å². The van der Waals surface area contributed by atoms with E-state index in [0.717, 1.165) is 6.07 Å². The van der Waals surface area contributed by atoms with Crippen LogP contribution in [0.2, 0.25) is 0 Å². The van der Waals surface area contributed by atoms with E-state index in [9.17, 15) is 22.8 Å². The van der Waals surface area contributed by atoms with Gasteiger partial charge in [0, 0.05) is 18.5 Å². The minimum atomic E-state index is -4.58. The summed E-state index contributed by atoms with van der Waals surface area (Å²) < 4.78 is 39.7. The van der Waals surface area contributed by atoms with E-state index < -0.39 is 17.8 Å². The molecule has 31 heavy (non-hydrogen) atoms. The van der Waals surface area contributed by atoms with E-state index in [-0.39, 0.29) is 29.8 Å². The zero-order valence-corrected chi connectivity index (χ0v) is 18.7. The summed E-state index contributed by atoms with van der Waals surface area (Å²) >= 11 is 1.23. The molecule has 0 saturated heterocycles. The number of nitrogens with zero attached hydrogens (tertiary/aromatic N) is 2. The Morgan fingerprint density at radius 1 is 1.13 bits per heavy atom. The number of carbonyl (C=O) groups excluding carboxylic acids is 2. The predicted molar refractivity (Wildman–Crippen MR) is 115 cm³/mol. The van der Waals surface area contributed by atoms with Crippen LogP contribution in [0, 0.1) is 11.8 Å². The number of benzene rings is 1. The van der Waals surface area contributed by atoms with Gasteiger partial charge in [-0.15, -0.1) is 11.3 Å². The lowest BCUT2D eigenvalue weighted by Crippen LogP contribution is -2.37. The molecule has 0 aliphatic heterocycles. The maximum Gasteiger partial charge on any atom is 0.418 e. The number of rotatable bonds is 8. The van der Waals surface area contributed by atoms with Crippen molar-refractivity contribution in [2.24, 2.45) is 11.8 Å². The summed E-state index contributed by atoms with van der Waals surface area (Å²) in [5.41, 5.74) is -0.958. The number of nitrogens with one attached hydrogen (secondary N) is 2. The zero-order valence-electron chi connectivity index (χ0n) is 17.9. The smallest absolute Gasteiger partial charge is 0.350 e. The van der Waals surface area contributed by atoms with Crippen molar-refractivity contribution in [3.05, 3.63) is 45.9 Å². The molecular formula is C21H27F3N4O2S. The normalized spacial score (nSPS) is 11.6. The minimum Gasteiger partial charge on any atom is -0.350 e. The van der Waals surface area contributed by atoms with Crippen LogP contribution in [0.4, 0.5) is 23.7 Å². The van der Waals surface area contributed by atoms with Crippen LogP contribution in [-0.4, -0.2) is 34.9 Å². The lowest BCUT2D eigenvalue weighted by molar-refractivity contribution is -0.136. The van der Waals surface area contributed by atoms with Crippen molar-refractivity contribution in [2.45, 2.75) is 40.4 Å². The van der Waals surface area contributed by atoms with Crippen LogP contribution in [0.25, 0.3) is 0 Å². The van der Waals surface area contributed by atoms with E-state index in [1.165, 1.54) is 34.4 Å². The van der Waals surface area contributed by atoms with Crippen LogP contribution >= 0.6 is 11.3 Å². The molecule has 0 spiro atoms. The van der Waals surface area contributed by atoms with Gasteiger partial charge in [-0.2, -0.15) is 13.2 Å². The minimum absolute atomic E-state index is 0.0809. The predicted octanol–water partition coefficient (Wildman–Crippen LogP) is 5.24. The highest BCUT2D eigenvalue weighted by atomic mass is 32.1. The Morgan fingerprint density at radius 2 is 1.81 bits per heavy atom. The van der Waals surface area contributed by atoms with Gasteiger partial charge in [0.2, 0.25) is 0 Å². The van der Waals surface area contributed by atoms with E-state index in [4.69, 9.17) is 0 Å². The van der Waals surface area contributed by atoms with E-state index in [2.05, 4.69) is 15.6 Å². The maximum atomic E-state index is 13.2. The fraction of sp³-hybridized carbons (Fsp3) is 0.476. The van der Waals surface area contributed by atoms with Gasteiger partial charge in [-0.1, -0.05) is 39.8 Å². The number of anilines is 1. The second kappa shape index (κ2) is 10.6. The lowest BCUT2D eigenvalue weighted by Gasteiger charge is -2.25. The molecule has 1 heterocycles. The van der Waals surface area contributed by atoms with E-state index in [1.807, 2.05) is 27.7 Å². The third-order valence-electron chi connectivity index (χ3n) is 4.13. The third-order valence-corrected chi connectivity index (χ3v) is 4.96. The van der Waals surface area contributed by atoms with Crippen molar-refractivity contribution in [2.75, 3.05) is 18.4 Å². The number of hydrogen-bond donors (Lipinski definition) is 2. The lowest BCUT2D eigenvalue weighted by atomic mass is 10.1. The molecular weight excluding hydrogens is 429 g/mol. The summed E-state index contributed by atoms with van der Waals surface area (Å²) in [6.45, 7) is 8.67. The number of amides is 3. The SMILES string of the molecule is CC(C)CNC(=O)c1csc(CN(CC(C)C)C(=O)Nc2ccccc2C(F)(F)F)n1. The van der Waals surface area contributed by atoms with Gasteiger partial charge < -0.3 is 15.5 Å². The van der Waals surface area contributed by atoms with E-state index in [0.29, 0.717) is 24.0 Å². The van der Waals surface area contributed by atoms with E-state index in [1.54, 1.807) is 5.38 Å². The summed E-state index contributed by atoms with van der Waals surface area (Å²) in [5.74, 6) is 0.0828. The van der Waals surface area contributed by atoms with Crippen molar-refractivity contribution in [3.63, 3.8) is 0 Å². The first kappa shape index (κ1) is 24.6. The summed E-state index contributed by atoms with van der Waals surface area (Å²) in [6.07, 6.45) is -4.58. The Morgan fingerprint density at radius 3 is 2.42 bits per heavy atom. The molecule has 1 aromatic carbocycles. The van der Waals surface area contributed by atoms with Gasteiger partial charge in [-0.25, -0.2) is 9.78 Å². The largest absolute Gasteiger partial charge is 0.418 e. The van der Waals surface area contributed by atoms with Crippen LogP contribution in [0.5, 0.6) is 0 Å². The molecule has 6 nitrogen and oxygen atoms in total. The molecule has 10 heteroatoms. The molecule has 0 fully saturated rings. The fourth-order valence-corrected chi connectivity index (χ4v) is 3.52. The molecule has 0 aliphatic carbocycles. The molecule has 0 atom stereocenters. The fourth-order valence-electron chi connectivity index (χ4n) is 2.73. The highest BCUT2D eigenvalue weighted by Crippen LogP contribution is 2.34. The summed E-state index contributed by atoms with van der Waals surface area (Å²) in [6, 6.07) is 4.18. The Kier molecular flexibility index (Phi) is 8.43. The highest BCUT2D eigenvalue weighted by Gasteiger charge is 2.34. The van der Waals surface area contributed by atoms with Gasteiger partial charge in [-0.05, 0) is 24.0 Å². The van der Waals surface area contributed by atoms with Crippen molar-refractivity contribution in [3.8, 4) is 0 Å². The number of thiazole rings is 1. The average molecular weight is 457 g/mol. The molecule has 2 rings (SSSR count). The first-order chi connectivity index (χ1) is 14.5. The van der Waals surface area contributed by atoms with Crippen LogP contribution < -0.4 is 10.6 Å². The topological polar surface area (TPSA) is 74.3 Å². The number of para-hydroxylation sites is 1. The average Bonchev–Trinajstić information content (AvgIpc) is 3.13. The van der Waals surface area contributed by atoms with Crippen LogP contribution in [0.1, 0.15) is 48.8 Å². The van der Waals surface area contributed by atoms with Gasteiger partial charge in [0.15, 0.2) is 0 Å². The van der Waals surface area contributed by atoms with Gasteiger partial charge in [0.05, 0.1) is 17.8 Å².